The second-order valence-electron chi connectivity index (χ2n) is 4.10. The van der Waals surface area contributed by atoms with Gasteiger partial charge in [-0.2, -0.15) is 0 Å². The maximum atomic E-state index is 13.2. The first-order valence-corrected chi connectivity index (χ1v) is 5.27. The largest absolute Gasteiger partial charge is 0.261 e. The lowest BCUT2D eigenvalue weighted by Crippen LogP contribution is -1.91. The van der Waals surface area contributed by atoms with E-state index in [0.717, 1.165) is 27.9 Å². The zero-order valence-electron chi connectivity index (χ0n) is 9.71. The summed E-state index contributed by atoms with van der Waals surface area (Å²) in [4.78, 5) is 4.27. The number of rotatable bonds is 1. The monoisotopic (exact) mass is 215 g/mol. The molecule has 0 aliphatic heterocycles. The van der Waals surface area contributed by atoms with Crippen LogP contribution < -0.4 is 0 Å². The molecule has 2 heteroatoms. The van der Waals surface area contributed by atoms with Gasteiger partial charge in [0, 0.05) is 17.5 Å². The van der Waals surface area contributed by atoms with E-state index in [0.29, 0.717) is 0 Å². The third kappa shape index (κ3) is 1.96. The molecule has 2 aromatic rings. The Hall–Kier alpha value is -1.70. The number of benzene rings is 1. The van der Waals surface area contributed by atoms with E-state index < -0.39 is 0 Å². The molecule has 1 heterocycles. The van der Waals surface area contributed by atoms with Crippen molar-refractivity contribution in [2.75, 3.05) is 0 Å². The number of nitrogens with zero attached hydrogens (tertiary/aromatic N) is 1. The average Bonchev–Trinajstić information content (AvgIpc) is 2.19. The summed E-state index contributed by atoms with van der Waals surface area (Å²) in [6, 6.07) is 7.11. The molecule has 1 aromatic carbocycles. The standard InChI is InChI=1S/C14H14FN/c1-9-6-13(15)7-10(2)14(9)12-5-4-11(3)16-8-12/h4-8H,1-3H3. The molecule has 82 valence electrons. The van der Waals surface area contributed by atoms with Gasteiger partial charge in [0.1, 0.15) is 5.82 Å². The molecule has 0 atom stereocenters. The second-order valence-corrected chi connectivity index (χ2v) is 4.10. The molecule has 1 aromatic heterocycles. The van der Waals surface area contributed by atoms with Gasteiger partial charge in [-0.25, -0.2) is 4.39 Å². The molecule has 0 aliphatic carbocycles. The van der Waals surface area contributed by atoms with Crippen molar-refractivity contribution in [3.63, 3.8) is 0 Å². The quantitative estimate of drug-likeness (QED) is 0.704. The van der Waals surface area contributed by atoms with E-state index in [-0.39, 0.29) is 5.82 Å². The summed E-state index contributed by atoms with van der Waals surface area (Å²) in [7, 11) is 0. The van der Waals surface area contributed by atoms with Crippen molar-refractivity contribution in [3.8, 4) is 11.1 Å². The smallest absolute Gasteiger partial charge is 0.123 e. The fraction of sp³-hybridized carbons (Fsp3) is 0.214. The average molecular weight is 215 g/mol. The first kappa shape index (κ1) is 10.8. The Morgan fingerprint density at radius 3 is 2.12 bits per heavy atom. The molecule has 0 amide bonds. The van der Waals surface area contributed by atoms with E-state index in [4.69, 9.17) is 0 Å². The number of hydrogen-bond donors (Lipinski definition) is 0. The Bertz CT molecular complexity index is 492. The van der Waals surface area contributed by atoms with Crippen LogP contribution in [-0.4, -0.2) is 4.98 Å². The minimum Gasteiger partial charge on any atom is -0.261 e. The lowest BCUT2D eigenvalue weighted by molar-refractivity contribution is 0.625. The molecular weight excluding hydrogens is 201 g/mol. The van der Waals surface area contributed by atoms with Gasteiger partial charge in [-0.1, -0.05) is 6.07 Å². The van der Waals surface area contributed by atoms with Crippen LogP contribution in [0.4, 0.5) is 4.39 Å². The predicted octanol–water partition coefficient (Wildman–Crippen LogP) is 3.81. The van der Waals surface area contributed by atoms with Crippen LogP contribution in [0.25, 0.3) is 11.1 Å². The number of halogens is 1. The number of pyridine rings is 1. The number of hydrogen-bond acceptors (Lipinski definition) is 1. The maximum Gasteiger partial charge on any atom is 0.123 e. The van der Waals surface area contributed by atoms with Crippen LogP contribution in [0.1, 0.15) is 16.8 Å². The molecule has 0 fully saturated rings. The van der Waals surface area contributed by atoms with Gasteiger partial charge >= 0.3 is 0 Å². The van der Waals surface area contributed by atoms with Crippen molar-refractivity contribution in [2.45, 2.75) is 20.8 Å². The van der Waals surface area contributed by atoms with Gasteiger partial charge in [-0.05, 0) is 55.7 Å². The Labute approximate surface area is 95.0 Å². The molecule has 2 rings (SSSR count). The van der Waals surface area contributed by atoms with E-state index in [2.05, 4.69) is 4.98 Å². The van der Waals surface area contributed by atoms with Gasteiger partial charge in [0.25, 0.3) is 0 Å². The van der Waals surface area contributed by atoms with Gasteiger partial charge in [0.2, 0.25) is 0 Å². The summed E-state index contributed by atoms with van der Waals surface area (Å²) in [5, 5.41) is 0. The van der Waals surface area contributed by atoms with Crippen molar-refractivity contribution in [1.29, 1.82) is 0 Å². The van der Waals surface area contributed by atoms with E-state index in [1.165, 1.54) is 0 Å². The van der Waals surface area contributed by atoms with Crippen LogP contribution >= 0.6 is 0 Å². The van der Waals surface area contributed by atoms with Crippen LogP contribution in [0.2, 0.25) is 0 Å². The first-order valence-electron chi connectivity index (χ1n) is 5.27. The summed E-state index contributed by atoms with van der Waals surface area (Å²) < 4.78 is 13.2. The molecule has 0 radical (unpaired) electrons. The van der Waals surface area contributed by atoms with Crippen molar-refractivity contribution >= 4 is 0 Å². The van der Waals surface area contributed by atoms with E-state index in [1.54, 1.807) is 12.1 Å². The first-order chi connectivity index (χ1) is 7.58. The topological polar surface area (TPSA) is 12.9 Å². The van der Waals surface area contributed by atoms with E-state index in [1.807, 2.05) is 39.1 Å². The zero-order valence-corrected chi connectivity index (χ0v) is 9.71. The predicted molar refractivity (Wildman–Crippen MR) is 63.8 cm³/mol. The molecule has 0 saturated heterocycles. The molecule has 1 nitrogen and oxygen atoms in total. The number of aryl methyl sites for hydroxylation is 3. The van der Waals surface area contributed by atoms with E-state index >= 15 is 0 Å². The Morgan fingerprint density at radius 2 is 1.62 bits per heavy atom. The highest BCUT2D eigenvalue weighted by molar-refractivity contribution is 5.70. The molecule has 0 N–H and O–H groups in total. The van der Waals surface area contributed by atoms with Gasteiger partial charge in [-0.3, -0.25) is 4.98 Å². The van der Waals surface area contributed by atoms with Gasteiger partial charge in [0.15, 0.2) is 0 Å². The Kier molecular flexibility index (Phi) is 2.73. The van der Waals surface area contributed by atoms with Crippen molar-refractivity contribution in [2.24, 2.45) is 0 Å². The highest BCUT2D eigenvalue weighted by atomic mass is 19.1. The van der Waals surface area contributed by atoms with Crippen LogP contribution in [0.5, 0.6) is 0 Å². The van der Waals surface area contributed by atoms with Crippen molar-refractivity contribution in [1.82, 2.24) is 4.98 Å². The van der Waals surface area contributed by atoms with Gasteiger partial charge < -0.3 is 0 Å². The third-order valence-electron chi connectivity index (χ3n) is 2.70. The second kappa shape index (κ2) is 4.05. The third-order valence-corrected chi connectivity index (χ3v) is 2.70. The molecule has 0 spiro atoms. The summed E-state index contributed by atoms with van der Waals surface area (Å²) in [6.45, 7) is 5.80. The van der Waals surface area contributed by atoms with Gasteiger partial charge in [-0.15, -0.1) is 0 Å². The Balaban J connectivity index is 2.60. The molecule has 0 aliphatic rings. The SMILES string of the molecule is Cc1ccc(-c2c(C)cc(F)cc2C)cn1. The normalized spacial score (nSPS) is 10.5. The molecule has 0 unspecified atom stereocenters. The highest BCUT2D eigenvalue weighted by Gasteiger charge is 2.07. The minimum atomic E-state index is -0.182. The van der Waals surface area contributed by atoms with Crippen LogP contribution in [0, 0.1) is 26.6 Å². The lowest BCUT2D eigenvalue weighted by atomic mass is 9.97. The number of aromatic nitrogens is 1. The molecule has 0 bridgehead atoms. The maximum absolute atomic E-state index is 13.2. The fourth-order valence-corrected chi connectivity index (χ4v) is 1.98. The molecule has 16 heavy (non-hydrogen) atoms. The fourth-order valence-electron chi connectivity index (χ4n) is 1.98. The lowest BCUT2D eigenvalue weighted by Gasteiger charge is -2.10. The van der Waals surface area contributed by atoms with Crippen LogP contribution in [-0.2, 0) is 0 Å². The highest BCUT2D eigenvalue weighted by Crippen LogP contribution is 2.27. The minimum absolute atomic E-state index is 0.182. The van der Waals surface area contributed by atoms with E-state index in [9.17, 15) is 4.39 Å². The zero-order chi connectivity index (χ0) is 11.7. The van der Waals surface area contributed by atoms with Crippen molar-refractivity contribution in [3.05, 3.63) is 53.1 Å². The summed E-state index contributed by atoms with van der Waals surface area (Å²) in [5.74, 6) is -0.182. The molecular formula is C14H14FN. The summed E-state index contributed by atoms with van der Waals surface area (Å²) in [6.07, 6.45) is 1.84. The van der Waals surface area contributed by atoms with Gasteiger partial charge in [0.05, 0.1) is 0 Å². The van der Waals surface area contributed by atoms with Crippen LogP contribution in [0.15, 0.2) is 30.5 Å². The summed E-state index contributed by atoms with van der Waals surface area (Å²) in [5.41, 5.74) is 5.00. The van der Waals surface area contributed by atoms with Crippen molar-refractivity contribution < 1.29 is 4.39 Å². The Morgan fingerprint density at radius 1 is 1.00 bits per heavy atom. The summed E-state index contributed by atoms with van der Waals surface area (Å²) >= 11 is 0. The molecule has 0 saturated carbocycles. The van der Waals surface area contributed by atoms with Crippen LogP contribution in [0.3, 0.4) is 0 Å².